The quantitative estimate of drug-likeness (QED) is 0.328. The monoisotopic (exact) mass is 489 g/mol. The molecule has 0 saturated heterocycles. The predicted molar refractivity (Wildman–Crippen MR) is 137 cm³/mol. The molecule has 1 amide bonds. The number of hydrogen-bond acceptors (Lipinski definition) is 5. The fourth-order valence-corrected chi connectivity index (χ4v) is 5.97. The molecule has 0 atom stereocenters. The van der Waals surface area contributed by atoms with E-state index in [2.05, 4.69) is 5.32 Å². The van der Waals surface area contributed by atoms with Gasteiger partial charge in [0.05, 0.1) is 12.2 Å². The Bertz CT molecular complexity index is 1360. The number of fused-ring (bicyclic) bond motifs is 1. The van der Waals surface area contributed by atoms with E-state index in [1.807, 2.05) is 37.5 Å². The van der Waals surface area contributed by atoms with Crippen LogP contribution in [0.4, 0.5) is 5.69 Å². The minimum absolute atomic E-state index is 0.0388. The van der Waals surface area contributed by atoms with Crippen molar-refractivity contribution < 1.29 is 19.4 Å². The van der Waals surface area contributed by atoms with Gasteiger partial charge in [-0.15, -0.1) is 11.3 Å². The summed E-state index contributed by atoms with van der Waals surface area (Å²) in [4.78, 5) is 26.1. The van der Waals surface area contributed by atoms with E-state index in [0.29, 0.717) is 34.2 Å². The summed E-state index contributed by atoms with van der Waals surface area (Å²) in [6.07, 6.45) is 5.30. The molecule has 0 fully saturated rings. The molecule has 2 N–H and O–H groups in total. The third-order valence-electron chi connectivity index (χ3n) is 6.13. The Balaban J connectivity index is 1.66. The molecule has 0 unspecified atom stereocenters. The number of anilines is 1. The standard InChI is InChI=1S/C27H27N3O4S/c1-4-34-21-11-9-20(10-12-21)29-25(31)19(15-28)14-18-13-16(2)30(17(18)3)26-24(27(32)33)22-7-5-6-8-23(22)35-26/h9-14H,4-8H2,1-3H3,(H,29,31)(H,32,33). The van der Waals surface area contributed by atoms with Crippen LogP contribution in [-0.2, 0) is 17.6 Å². The first-order valence-corrected chi connectivity index (χ1v) is 12.4. The van der Waals surface area contributed by atoms with Gasteiger partial charge in [0.2, 0.25) is 0 Å². The van der Waals surface area contributed by atoms with Crippen molar-refractivity contribution in [3.05, 3.63) is 68.9 Å². The zero-order valence-corrected chi connectivity index (χ0v) is 20.8. The first kappa shape index (κ1) is 24.3. The number of hydrogen-bond donors (Lipinski definition) is 2. The molecule has 35 heavy (non-hydrogen) atoms. The molecule has 0 radical (unpaired) electrons. The number of aryl methyl sites for hydroxylation is 2. The lowest BCUT2D eigenvalue weighted by Crippen LogP contribution is -2.13. The maximum atomic E-state index is 12.8. The molecule has 8 heteroatoms. The van der Waals surface area contributed by atoms with E-state index in [9.17, 15) is 20.0 Å². The summed E-state index contributed by atoms with van der Waals surface area (Å²) in [6.45, 7) is 6.22. The third-order valence-corrected chi connectivity index (χ3v) is 7.41. The molecule has 3 aromatic rings. The number of thiophene rings is 1. The van der Waals surface area contributed by atoms with Gasteiger partial charge in [-0.25, -0.2) is 4.79 Å². The zero-order chi connectivity index (χ0) is 25.1. The van der Waals surface area contributed by atoms with Crippen LogP contribution in [-0.4, -0.2) is 28.2 Å². The Kier molecular flexibility index (Phi) is 7.08. The van der Waals surface area contributed by atoms with Crippen molar-refractivity contribution in [2.24, 2.45) is 0 Å². The van der Waals surface area contributed by atoms with E-state index < -0.39 is 11.9 Å². The van der Waals surface area contributed by atoms with Crippen molar-refractivity contribution in [2.75, 3.05) is 11.9 Å². The molecule has 0 spiro atoms. The molecule has 0 bridgehead atoms. The lowest BCUT2D eigenvalue weighted by atomic mass is 9.95. The molecular weight excluding hydrogens is 462 g/mol. The van der Waals surface area contributed by atoms with E-state index in [1.165, 1.54) is 11.3 Å². The molecule has 180 valence electrons. The summed E-state index contributed by atoms with van der Waals surface area (Å²) in [6, 6.07) is 10.8. The van der Waals surface area contributed by atoms with Crippen LogP contribution >= 0.6 is 11.3 Å². The van der Waals surface area contributed by atoms with E-state index in [-0.39, 0.29) is 5.57 Å². The Morgan fingerprint density at radius 2 is 1.94 bits per heavy atom. The lowest BCUT2D eigenvalue weighted by Gasteiger charge is -2.11. The minimum atomic E-state index is -0.920. The molecule has 0 saturated carbocycles. The molecule has 2 aromatic heterocycles. The number of nitriles is 1. The van der Waals surface area contributed by atoms with Crippen molar-refractivity contribution in [3.8, 4) is 16.8 Å². The van der Waals surface area contributed by atoms with Crippen LogP contribution in [0.5, 0.6) is 5.75 Å². The summed E-state index contributed by atoms with van der Waals surface area (Å²) in [7, 11) is 0. The molecule has 1 aliphatic carbocycles. The van der Waals surface area contributed by atoms with Gasteiger partial charge >= 0.3 is 5.97 Å². The van der Waals surface area contributed by atoms with E-state index in [0.717, 1.165) is 47.5 Å². The summed E-state index contributed by atoms with van der Waals surface area (Å²) in [5, 5.41) is 23.1. The van der Waals surface area contributed by atoms with Gasteiger partial charge in [-0.05, 0) is 94.0 Å². The van der Waals surface area contributed by atoms with Gasteiger partial charge in [0.25, 0.3) is 5.91 Å². The summed E-state index contributed by atoms with van der Waals surface area (Å²) < 4.78 is 7.34. The smallest absolute Gasteiger partial charge is 0.339 e. The van der Waals surface area contributed by atoms with Gasteiger partial charge in [0, 0.05) is 22.0 Å². The summed E-state index contributed by atoms with van der Waals surface area (Å²) in [5.41, 5.74) is 4.16. The normalized spacial score (nSPS) is 13.1. The maximum Gasteiger partial charge on any atom is 0.339 e. The number of aromatic nitrogens is 1. The minimum Gasteiger partial charge on any atom is -0.494 e. The average Bonchev–Trinajstić information content (AvgIpc) is 3.34. The Morgan fingerprint density at radius 1 is 1.23 bits per heavy atom. The number of benzene rings is 1. The fraction of sp³-hybridized carbons (Fsp3) is 0.296. The van der Waals surface area contributed by atoms with E-state index in [1.54, 1.807) is 30.3 Å². The number of carbonyl (C=O) groups is 2. The third kappa shape index (κ3) is 4.86. The average molecular weight is 490 g/mol. The molecule has 1 aliphatic rings. The highest BCUT2D eigenvalue weighted by Gasteiger charge is 2.27. The van der Waals surface area contributed by atoms with Crippen LogP contribution < -0.4 is 10.1 Å². The Labute approximate surface area is 208 Å². The molecule has 7 nitrogen and oxygen atoms in total. The van der Waals surface area contributed by atoms with E-state index in [4.69, 9.17) is 4.74 Å². The van der Waals surface area contributed by atoms with Crippen molar-refractivity contribution >= 4 is 35.0 Å². The SMILES string of the molecule is CCOc1ccc(NC(=O)C(C#N)=Cc2cc(C)n(-c3sc4c(c3C(=O)O)CCCC4)c2C)cc1. The second-order valence-corrected chi connectivity index (χ2v) is 9.52. The number of aromatic carboxylic acids is 1. The second-order valence-electron chi connectivity index (χ2n) is 8.44. The van der Waals surface area contributed by atoms with Gasteiger partial charge in [0.1, 0.15) is 22.4 Å². The van der Waals surface area contributed by atoms with Gasteiger partial charge < -0.3 is 19.7 Å². The number of carbonyl (C=O) groups excluding carboxylic acids is 1. The molecule has 0 aliphatic heterocycles. The predicted octanol–water partition coefficient (Wildman–Crippen LogP) is 5.68. The van der Waals surface area contributed by atoms with Crippen LogP contribution in [0.25, 0.3) is 11.1 Å². The summed E-state index contributed by atoms with van der Waals surface area (Å²) in [5.74, 6) is -0.735. The maximum absolute atomic E-state index is 12.8. The summed E-state index contributed by atoms with van der Waals surface area (Å²) >= 11 is 1.53. The molecule has 1 aromatic carbocycles. The topological polar surface area (TPSA) is 104 Å². The second kappa shape index (κ2) is 10.2. The first-order chi connectivity index (χ1) is 16.8. The van der Waals surface area contributed by atoms with Crippen LogP contribution in [0.3, 0.4) is 0 Å². The van der Waals surface area contributed by atoms with Crippen molar-refractivity contribution in [2.45, 2.75) is 46.5 Å². The highest BCUT2D eigenvalue weighted by molar-refractivity contribution is 7.15. The number of nitrogens with zero attached hydrogens (tertiary/aromatic N) is 2. The van der Waals surface area contributed by atoms with Crippen molar-refractivity contribution in [3.63, 3.8) is 0 Å². The fourth-order valence-electron chi connectivity index (χ4n) is 4.48. The lowest BCUT2D eigenvalue weighted by molar-refractivity contribution is -0.112. The molecular formula is C27H27N3O4S. The van der Waals surface area contributed by atoms with Crippen molar-refractivity contribution in [1.82, 2.24) is 4.57 Å². The van der Waals surface area contributed by atoms with Gasteiger partial charge in [-0.3, -0.25) is 4.79 Å². The highest BCUT2D eigenvalue weighted by Crippen LogP contribution is 2.39. The van der Waals surface area contributed by atoms with Crippen LogP contribution in [0, 0.1) is 25.2 Å². The molecule has 2 heterocycles. The van der Waals surface area contributed by atoms with Gasteiger partial charge in [0.15, 0.2) is 0 Å². The van der Waals surface area contributed by atoms with Gasteiger partial charge in [-0.2, -0.15) is 5.26 Å². The van der Waals surface area contributed by atoms with Crippen LogP contribution in [0.1, 0.15) is 57.5 Å². The van der Waals surface area contributed by atoms with Gasteiger partial charge in [-0.1, -0.05) is 0 Å². The van der Waals surface area contributed by atoms with Crippen molar-refractivity contribution in [1.29, 1.82) is 5.26 Å². The largest absolute Gasteiger partial charge is 0.494 e. The van der Waals surface area contributed by atoms with Crippen LogP contribution in [0.2, 0.25) is 0 Å². The van der Waals surface area contributed by atoms with E-state index >= 15 is 0 Å². The Morgan fingerprint density at radius 3 is 2.60 bits per heavy atom. The molecule has 4 rings (SSSR count). The zero-order valence-electron chi connectivity index (χ0n) is 20.0. The Hall–Kier alpha value is -3.83. The first-order valence-electron chi connectivity index (χ1n) is 11.6. The number of nitrogens with one attached hydrogen (secondary N) is 1. The number of rotatable bonds is 7. The number of carboxylic acid groups (broad SMARTS) is 1. The number of ether oxygens (including phenoxy) is 1. The number of amides is 1. The number of carboxylic acids is 1. The highest BCUT2D eigenvalue weighted by atomic mass is 32.1. The van der Waals surface area contributed by atoms with Crippen LogP contribution in [0.15, 0.2) is 35.9 Å².